The molecular weight excluding hydrogens is 466 g/mol. The van der Waals surface area contributed by atoms with Crippen LogP contribution >= 0.6 is 11.6 Å². The van der Waals surface area contributed by atoms with Gasteiger partial charge in [-0.2, -0.15) is 4.98 Å². The van der Waals surface area contributed by atoms with Crippen molar-refractivity contribution < 1.29 is 4.52 Å². The molecule has 0 saturated heterocycles. The van der Waals surface area contributed by atoms with E-state index < -0.39 is 5.76 Å². The van der Waals surface area contributed by atoms with Gasteiger partial charge in [-0.3, -0.25) is 9.51 Å². The summed E-state index contributed by atoms with van der Waals surface area (Å²) in [6.07, 6.45) is 5.83. The standard InChI is InChI=1S/C25H30ClN7O2/c1-4-15(3)27-24-30-21-20(33(24)13-16-10-8-14(2)9-11-16)19(17-6-5-7-18(26)12-17)28-22(29-21)23-31-25(34)35-32-23/h5-7,12,14-16H,4,8-11,13H2,1-3H3,(H,31,32,34)(H,27,28,29,30)/t14?,15-,16?/m1/s1. The van der Waals surface area contributed by atoms with Crippen molar-refractivity contribution in [2.45, 2.75) is 65.5 Å². The summed E-state index contributed by atoms with van der Waals surface area (Å²) < 4.78 is 6.93. The number of anilines is 1. The van der Waals surface area contributed by atoms with Crippen molar-refractivity contribution in [3.05, 3.63) is 39.8 Å². The minimum absolute atomic E-state index is 0.160. The number of imidazole rings is 1. The van der Waals surface area contributed by atoms with E-state index in [9.17, 15) is 4.79 Å². The predicted octanol–water partition coefficient (Wildman–Crippen LogP) is 5.53. The Labute approximate surface area is 208 Å². The molecule has 1 aliphatic carbocycles. The highest BCUT2D eigenvalue weighted by Crippen LogP contribution is 2.35. The minimum Gasteiger partial charge on any atom is -0.353 e. The maximum absolute atomic E-state index is 11.6. The van der Waals surface area contributed by atoms with Gasteiger partial charge in [-0.05, 0) is 50.2 Å². The number of nitrogens with one attached hydrogen (secondary N) is 2. The first kappa shape index (κ1) is 23.5. The number of nitrogens with zero attached hydrogens (tertiary/aromatic N) is 5. The lowest BCUT2D eigenvalue weighted by Crippen LogP contribution is -2.22. The van der Waals surface area contributed by atoms with Crippen LogP contribution in [0.4, 0.5) is 5.95 Å². The molecule has 2 N–H and O–H groups in total. The van der Waals surface area contributed by atoms with E-state index in [1.54, 1.807) is 0 Å². The number of aromatic nitrogens is 6. The van der Waals surface area contributed by atoms with E-state index in [2.05, 4.69) is 45.8 Å². The summed E-state index contributed by atoms with van der Waals surface area (Å²) in [6, 6.07) is 7.80. The zero-order chi connectivity index (χ0) is 24.5. The number of aromatic amines is 1. The van der Waals surface area contributed by atoms with E-state index in [4.69, 9.17) is 26.1 Å². The first-order valence-corrected chi connectivity index (χ1v) is 12.7. The van der Waals surface area contributed by atoms with E-state index in [-0.39, 0.29) is 17.7 Å². The number of rotatable bonds is 7. The van der Waals surface area contributed by atoms with Crippen LogP contribution in [-0.4, -0.2) is 35.7 Å². The van der Waals surface area contributed by atoms with Crippen molar-refractivity contribution >= 4 is 28.7 Å². The van der Waals surface area contributed by atoms with Crippen LogP contribution in [0.15, 0.2) is 33.6 Å². The fourth-order valence-corrected chi connectivity index (χ4v) is 4.88. The molecule has 0 spiro atoms. The molecule has 1 fully saturated rings. The average Bonchev–Trinajstić information content (AvgIpc) is 3.43. The molecule has 35 heavy (non-hydrogen) atoms. The predicted molar refractivity (Wildman–Crippen MR) is 136 cm³/mol. The second-order valence-corrected chi connectivity index (χ2v) is 10.1. The number of hydrogen-bond acceptors (Lipinski definition) is 7. The van der Waals surface area contributed by atoms with Crippen molar-refractivity contribution in [2.24, 2.45) is 11.8 Å². The molecule has 5 rings (SSSR count). The summed E-state index contributed by atoms with van der Waals surface area (Å²) in [5.41, 5.74) is 2.89. The topological polar surface area (TPSA) is 115 Å². The highest BCUT2D eigenvalue weighted by Gasteiger charge is 2.25. The van der Waals surface area contributed by atoms with Gasteiger partial charge < -0.3 is 9.88 Å². The van der Waals surface area contributed by atoms with E-state index >= 15 is 0 Å². The van der Waals surface area contributed by atoms with Crippen LogP contribution in [0.1, 0.15) is 52.9 Å². The number of benzene rings is 1. The molecular formula is C25H30ClN7O2. The van der Waals surface area contributed by atoms with Crippen molar-refractivity contribution in [3.63, 3.8) is 0 Å². The van der Waals surface area contributed by atoms with E-state index in [1.165, 1.54) is 25.7 Å². The SMILES string of the molecule is CC[C@@H](C)Nc1nc2nc(-c3noc(=O)[nH]3)nc(-c3cccc(Cl)c3)c2n1CC1CCC(C)CC1. The number of H-pyrrole nitrogens is 1. The fourth-order valence-electron chi connectivity index (χ4n) is 4.69. The van der Waals surface area contributed by atoms with Gasteiger partial charge in [0, 0.05) is 23.2 Å². The molecule has 3 heterocycles. The lowest BCUT2D eigenvalue weighted by atomic mass is 9.83. The first-order chi connectivity index (χ1) is 16.9. The summed E-state index contributed by atoms with van der Waals surface area (Å²) in [5, 5.41) is 7.97. The highest BCUT2D eigenvalue weighted by atomic mass is 35.5. The van der Waals surface area contributed by atoms with Gasteiger partial charge in [0.15, 0.2) is 5.65 Å². The minimum atomic E-state index is -0.663. The lowest BCUT2D eigenvalue weighted by Gasteiger charge is -2.27. The van der Waals surface area contributed by atoms with Crippen LogP contribution in [0.5, 0.6) is 0 Å². The Kier molecular flexibility index (Phi) is 6.60. The van der Waals surface area contributed by atoms with Crippen molar-refractivity contribution in [3.8, 4) is 22.9 Å². The van der Waals surface area contributed by atoms with Crippen LogP contribution in [0, 0.1) is 11.8 Å². The second kappa shape index (κ2) is 9.81. The van der Waals surface area contributed by atoms with E-state index in [0.29, 0.717) is 22.3 Å². The zero-order valence-electron chi connectivity index (χ0n) is 20.2. The Morgan fingerprint density at radius 2 is 2.03 bits per heavy atom. The third-order valence-electron chi connectivity index (χ3n) is 6.92. The van der Waals surface area contributed by atoms with E-state index in [1.807, 2.05) is 24.3 Å². The highest BCUT2D eigenvalue weighted by molar-refractivity contribution is 6.30. The Hall–Kier alpha value is -3.20. The van der Waals surface area contributed by atoms with Crippen LogP contribution in [-0.2, 0) is 6.54 Å². The number of halogens is 1. The van der Waals surface area contributed by atoms with Gasteiger partial charge in [0.25, 0.3) is 0 Å². The Bertz CT molecular complexity index is 1380. The van der Waals surface area contributed by atoms with Crippen molar-refractivity contribution in [1.82, 2.24) is 29.7 Å². The average molecular weight is 496 g/mol. The molecule has 10 heteroatoms. The third kappa shape index (κ3) is 4.96. The van der Waals surface area contributed by atoms with Gasteiger partial charge in [-0.25, -0.2) is 14.8 Å². The van der Waals surface area contributed by atoms with Gasteiger partial charge >= 0.3 is 5.76 Å². The molecule has 1 aliphatic rings. The monoisotopic (exact) mass is 495 g/mol. The summed E-state index contributed by atoms with van der Waals surface area (Å²) in [5.74, 6) is 1.85. The molecule has 9 nitrogen and oxygen atoms in total. The normalized spacial score (nSPS) is 19.2. The third-order valence-corrected chi connectivity index (χ3v) is 7.15. The molecule has 0 aliphatic heterocycles. The van der Waals surface area contributed by atoms with E-state index in [0.717, 1.165) is 35.9 Å². The molecule has 0 bridgehead atoms. The van der Waals surface area contributed by atoms with Gasteiger partial charge in [0.2, 0.25) is 17.6 Å². The maximum Gasteiger partial charge on any atom is 0.439 e. The van der Waals surface area contributed by atoms with Crippen molar-refractivity contribution in [2.75, 3.05) is 5.32 Å². The maximum atomic E-state index is 11.6. The Balaban J connectivity index is 1.71. The molecule has 184 valence electrons. The fraction of sp³-hybridized carbons (Fsp3) is 0.480. The van der Waals surface area contributed by atoms with Gasteiger partial charge in [0.1, 0.15) is 11.2 Å². The summed E-state index contributed by atoms with van der Waals surface area (Å²) in [4.78, 5) is 28.5. The summed E-state index contributed by atoms with van der Waals surface area (Å²) >= 11 is 6.35. The molecule has 1 atom stereocenters. The van der Waals surface area contributed by atoms with Crippen LogP contribution < -0.4 is 11.1 Å². The van der Waals surface area contributed by atoms with Crippen LogP contribution in [0.2, 0.25) is 5.02 Å². The molecule has 1 aromatic carbocycles. The van der Waals surface area contributed by atoms with Gasteiger partial charge in [-0.1, -0.05) is 55.6 Å². The summed E-state index contributed by atoms with van der Waals surface area (Å²) in [6.45, 7) is 7.45. The molecule has 1 saturated carbocycles. The molecule has 4 aromatic rings. The van der Waals surface area contributed by atoms with Gasteiger partial charge in [0.05, 0.1) is 0 Å². The zero-order valence-corrected chi connectivity index (χ0v) is 21.0. The van der Waals surface area contributed by atoms with Crippen LogP contribution in [0.25, 0.3) is 34.1 Å². The Morgan fingerprint density at radius 1 is 1.23 bits per heavy atom. The molecule has 0 unspecified atom stereocenters. The molecule has 0 amide bonds. The first-order valence-electron chi connectivity index (χ1n) is 12.3. The quantitative estimate of drug-likeness (QED) is 0.346. The number of hydrogen-bond donors (Lipinski definition) is 2. The van der Waals surface area contributed by atoms with Crippen molar-refractivity contribution in [1.29, 1.82) is 0 Å². The smallest absolute Gasteiger partial charge is 0.353 e. The Morgan fingerprint density at radius 3 is 2.71 bits per heavy atom. The largest absolute Gasteiger partial charge is 0.439 e. The number of fused-ring (bicyclic) bond motifs is 1. The second-order valence-electron chi connectivity index (χ2n) is 9.65. The van der Waals surface area contributed by atoms with Crippen LogP contribution in [0.3, 0.4) is 0 Å². The molecule has 0 radical (unpaired) electrons. The lowest BCUT2D eigenvalue weighted by molar-refractivity contribution is 0.267. The molecule has 3 aromatic heterocycles. The van der Waals surface area contributed by atoms with Gasteiger partial charge in [-0.15, -0.1) is 0 Å². The summed E-state index contributed by atoms with van der Waals surface area (Å²) in [7, 11) is 0.